The van der Waals surface area contributed by atoms with Gasteiger partial charge in [0.25, 0.3) is 0 Å². The van der Waals surface area contributed by atoms with Gasteiger partial charge in [-0.2, -0.15) is 0 Å². The predicted molar refractivity (Wildman–Crippen MR) is 137 cm³/mol. The number of nitrogens with zero attached hydrogens (tertiary/aromatic N) is 2. The average Bonchev–Trinajstić information content (AvgIpc) is 3.49. The van der Waals surface area contributed by atoms with Crippen LogP contribution < -0.4 is 0 Å². The van der Waals surface area contributed by atoms with E-state index in [0.717, 1.165) is 37.9 Å². The lowest BCUT2D eigenvalue weighted by atomic mass is 10.0. The first-order chi connectivity index (χ1) is 16.5. The molecule has 0 radical (unpaired) electrons. The van der Waals surface area contributed by atoms with Crippen LogP contribution >= 0.6 is 22.9 Å². The smallest absolute Gasteiger partial charge is 0.199 e. The lowest BCUT2D eigenvalue weighted by Crippen LogP contribution is -2.03. The number of aryl methyl sites for hydroxylation is 1. The van der Waals surface area contributed by atoms with Gasteiger partial charge in [0.15, 0.2) is 17.2 Å². The van der Waals surface area contributed by atoms with E-state index < -0.39 is 0 Å². The molecular formula is C28H17ClN2O2S. The van der Waals surface area contributed by atoms with Gasteiger partial charge in [-0.15, -0.1) is 11.3 Å². The summed E-state index contributed by atoms with van der Waals surface area (Å²) in [4.78, 5) is 31.4. The number of benzene rings is 3. The van der Waals surface area contributed by atoms with Gasteiger partial charge in [-0.1, -0.05) is 66.2 Å². The summed E-state index contributed by atoms with van der Waals surface area (Å²) in [6.07, 6.45) is 1.67. The molecule has 1 aliphatic rings. The van der Waals surface area contributed by atoms with Crippen LogP contribution in [0.1, 0.15) is 32.0 Å². The maximum absolute atomic E-state index is 13.3. The fourth-order valence-corrected chi connectivity index (χ4v) is 5.65. The van der Waals surface area contributed by atoms with Crippen molar-refractivity contribution in [2.75, 3.05) is 0 Å². The monoisotopic (exact) mass is 480 g/mol. The van der Waals surface area contributed by atoms with Crippen LogP contribution in [0.2, 0.25) is 5.02 Å². The van der Waals surface area contributed by atoms with Crippen LogP contribution in [0.4, 0.5) is 0 Å². The van der Waals surface area contributed by atoms with Crippen LogP contribution in [0, 0.1) is 6.92 Å². The summed E-state index contributed by atoms with van der Waals surface area (Å²) in [5, 5.41) is 1.22. The van der Waals surface area contributed by atoms with Gasteiger partial charge in [0.2, 0.25) is 0 Å². The molecule has 0 atom stereocenters. The third kappa shape index (κ3) is 3.16. The van der Waals surface area contributed by atoms with Gasteiger partial charge in [-0.05, 0) is 42.8 Å². The van der Waals surface area contributed by atoms with E-state index in [1.807, 2.05) is 78.2 Å². The molecule has 0 fully saturated rings. The van der Waals surface area contributed by atoms with Crippen LogP contribution in [0.5, 0.6) is 0 Å². The lowest BCUT2D eigenvalue weighted by Gasteiger charge is -2.08. The Balaban J connectivity index is 1.55. The second kappa shape index (κ2) is 7.90. The second-order valence-electron chi connectivity index (χ2n) is 8.14. The molecule has 0 amide bonds. The van der Waals surface area contributed by atoms with E-state index >= 15 is 0 Å². The molecule has 0 aliphatic heterocycles. The Labute approximate surface area is 204 Å². The molecule has 2 aromatic heterocycles. The summed E-state index contributed by atoms with van der Waals surface area (Å²) >= 11 is 7.89. The van der Waals surface area contributed by atoms with Gasteiger partial charge in [-0.25, -0.2) is 4.98 Å². The zero-order chi connectivity index (χ0) is 23.4. The molecule has 4 nitrogen and oxygen atoms in total. The minimum atomic E-state index is -0.337. The second-order valence-corrected chi connectivity index (χ2v) is 9.58. The third-order valence-electron chi connectivity index (χ3n) is 6.02. The quantitative estimate of drug-likeness (QED) is 0.203. The number of hydrogen-bond donors (Lipinski definition) is 0. The number of ketones is 2. The summed E-state index contributed by atoms with van der Waals surface area (Å²) < 4.78 is 2.96. The van der Waals surface area contributed by atoms with E-state index in [1.165, 1.54) is 0 Å². The fourth-order valence-electron chi connectivity index (χ4n) is 4.41. The fraction of sp³-hybridized carbons (Fsp3) is 0.0357. The van der Waals surface area contributed by atoms with Crippen molar-refractivity contribution in [3.05, 3.63) is 112 Å². The number of fused-ring (bicyclic) bond motifs is 2. The van der Waals surface area contributed by atoms with Gasteiger partial charge in [0.05, 0.1) is 26.6 Å². The maximum Gasteiger partial charge on any atom is 0.199 e. The van der Waals surface area contributed by atoms with Crippen LogP contribution in [0.3, 0.4) is 0 Å². The molecular weight excluding hydrogens is 464 g/mol. The molecule has 0 saturated carbocycles. The van der Waals surface area contributed by atoms with Gasteiger partial charge in [-0.3, -0.25) is 14.2 Å². The normalized spacial score (nSPS) is 14.4. The molecule has 0 N–H and O–H groups in total. The Morgan fingerprint density at radius 1 is 0.882 bits per heavy atom. The van der Waals surface area contributed by atoms with E-state index in [9.17, 15) is 9.59 Å². The Morgan fingerprint density at radius 2 is 1.56 bits per heavy atom. The van der Waals surface area contributed by atoms with Crippen LogP contribution in [-0.4, -0.2) is 21.1 Å². The molecule has 6 heteroatoms. The number of thiazole rings is 1. The number of aromatic nitrogens is 2. The molecule has 5 aromatic rings. The Hall–Kier alpha value is -3.80. The molecule has 3 aromatic carbocycles. The highest BCUT2D eigenvalue weighted by molar-refractivity contribution is 7.21. The zero-order valence-electron chi connectivity index (χ0n) is 18.1. The summed E-state index contributed by atoms with van der Waals surface area (Å²) in [6.45, 7) is 1.82. The van der Waals surface area contributed by atoms with E-state index in [1.54, 1.807) is 29.5 Å². The first kappa shape index (κ1) is 20.8. The van der Waals surface area contributed by atoms with Crippen LogP contribution in [0.15, 0.2) is 84.4 Å². The summed E-state index contributed by atoms with van der Waals surface area (Å²) in [5.41, 5.74) is 5.01. The topological polar surface area (TPSA) is 52.0 Å². The van der Waals surface area contributed by atoms with E-state index in [-0.39, 0.29) is 17.1 Å². The number of carbonyl (C=O) groups is 2. The first-order valence-electron chi connectivity index (χ1n) is 10.8. The molecule has 1 aliphatic carbocycles. The molecule has 6 rings (SSSR count). The molecule has 0 spiro atoms. The predicted octanol–water partition coefficient (Wildman–Crippen LogP) is 7.18. The number of rotatable bonds is 3. The van der Waals surface area contributed by atoms with Crippen molar-refractivity contribution in [3.63, 3.8) is 0 Å². The third-order valence-corrected chi connectivity index (χ3v) is 7.37. The number of hydrogen-bond acceptors (Lipinski definition) is 4. The molecule has 0 saturated heterocycles. The van der Waals surface area contributed by atoms with Gasteiger partial charge in [0, 0.05) is 16.8 Å². The molecule has 34 heavy (non-hydrogen) atoms. The highest BCUT2D eigenvalue weighted by Gasteiger charge is 2.36. The van der Waals surface area contributed by atoms with Crippen molar-refractivity contribution in [3.8, 4) is 16.3 Å². The van der Waals surface area contributed by atoms with E-state index in [4.69, 9.17) is 16.6 Å². The summed E-state index contributed by atoms with van der Waals surface area (Å²) in [7, 11) is 0. The van der Waals surface area contributed by atoms with Crippen molar-refractivity contribution >= 4 is 50.9 Å². The number of halogens is 1. The van der Waals surface area contributed by atoms with Crippen molar-refractivity contribution in [2.24, 2.45) is 0 Å². The first-order valence-corrected chi connectivity index (χ1v) is 12.0. The summed E-state index contributed by atoms with van der Waals surface area (Å²) in [5.74, 6) is -0.627. The van der Waals surface area contributed by atoms with Crippen molar-refractivity contribution in [1.29, 1.82) is 0 Å². The Morgan fingerprint density at radius 3 is 2.26 bits per heavy atom. The van der Waals surface area contributed by atoms with Gasteiger partial charge < -0.3 is 0 Å². The number of allylic oxidation sites excluding steroid dienone is 1. The average molecular weight is 481 g/mol. The van der Waals surface area contributed by atoms with Crippen molar-refractivity contribution in [2.45, 2.75) is 6.92 Å². The van der Waals surface area contributed by atoms with Crippen LogP contribution in [-0.2, 0) is 0 Å². The highest BCUT2D eigenvalue weighted by atomic mass is 35.5. The highest BCUT2D eigenvalue weighted by Crippen LogP contribution is 2.38. The minimum absolute atomic E-state index is 0.122. The van der Waals surface area contributed by atoms with Crippen molar-refractivity contribution < 1.29 is 9.59 Å². The molecule has 164 valence electrons. The molecule has 2 heterocycles. The van der Waals surface area contributed by atoms with Crippen LogP contribution in [0.25, 0.3) is 32.7 Å². The minimum Gasteiger partial charge on any atom is -0.294 e. The van der Waals surface area contributed by atoms with Gasteiger partial charge in [0.1, 0.15) is 5.01 Å². The number of para-hydroxylation sites is 1. The Bertz CT molecular complexity index is 1600. The standard InChI is InChI=1S/C28H17ClN2O2S/c1-16-12-13-21(29)24-23(16)25(32)20(26(24)33)14-19-15-22-27(31(19)18-10-6-3-7-11-18)30-28(34-22)17-8-4-2-5-9-17/h2-15H,1H3/b20-14+. The number of Topliss-reactive ketones (excluding diaryl/α,β-unsaturated/α-hetero) is 2. The molecule has 0 bridgehead atoms. The zero-order valence-corrected chi connectivity index (χ0v) is 19.7. The van der Waals surface area contributed by atoms with Gasteiger partial charge >= 0.3 is 0 Å². The summed E-state index contributed by atoms with van der Waals surface area (Å²) in [6, 6.07) is 25.3. The molecule has 0 unspecified atom stereocenters. The lowest BCUT2D eigenvalue weighted by molar-refractivity contribution is 0.0990. The van der Waals surface area contributed by atoms with E-state index in [0.29, 0.717) is 16.1 Å². The van der Waals surface area contributed by atoms with Crippen molar-refractivity contribution in [1.82, 2.24) is 9.55 Å². The number of carbonyl (C=O) groups excluding carboxylic acids is 2. The Kier molecular flexibility index (Phi) is 4.83. The largest absolute Gasteiger partial charge is 0.294 e. The van der Waals surface area contributed by atoms with E-state index in [2.05, 4.69) is 0 Å². The SMILES string of the molecule is Cc1ccc(Cl)c2c1C(=O)/C(=C\c1cc3sc(-c4ccccc4)nc3n1-c1ccccc1)C2=O. The maximum atomic E-state index is 13.3.